The van der Waals surface area contributed by atoms with E-state index in [0.717, 1.165) is 12.8 Å². The first-order valence-electron chi connectivity index (χ1n) is 8.89. The first kappa shape index (κ1) is 19.1. The third-order valence-corrected chi connectivity index (χ3v) is 5.07. The van der Waals surface area contributed by atoms with E-state index in [4.69, 9.17) is 4.74 Å². The zero-order valence-electron chi connectivity index (χ0n) is 14.4. The van der Waals surface area contributed by atoms with E-state index in [9.17, 15) is 17.6 Å². The van der Waals surface area contributed by atoms with Crippen molar-refractivity contribution in [2.24, 2.45) is 5.92 Å². The molecule has 1 aliphatic carbocycles. The van der Waals surface area contributed by atoms with Crippen LogP contribution in [0.1, 0.15) is 70.3 Å². The molecule has 0 aromatic heterocycles. The normalized spacial score (nSPS) is 21.8. The molecule has 0 heterocycles. The van der Waals surface area contributed by atoms with Crippen LogP contribution >= 0.6 is 0 Å². The summed E-state index contributed by atoms with van der Waals surface area (Å²) in [5.74, 6) is -5.45. The van der Waals surface area contributed by atoms with Gasteiger partial charge in [0.05, 0.1) is 6.61 Å². The number of rotatable bonds is 7. The van der Waals surface area contributed by atoms with Crippen LogP contribution in [0.3, 0.4) is 0 Å². The van der Waals surface area contributed by atoms with E-state index in [1.165, 1.54) is 13.0 Å². The van der Waals surface area contributed by atoms with Gasteiger partial charge in [0, 0.05) is 12.3 Å². The highest BCUT2D eigenvalue weighted by molar-refractivity contribution is 5.33. The minimum atomic E-state index is -2.66. The molecule has 0 N–H and O–H groups in total. The molecular formula is C19H26F4O. The van der Waals surface area contributed by atoms with Gasteiger partial charge in [-0.15, -0.1) is 0 Å². The summed E-state index contributed by atoms with van der Waals surface area (Å²) in [6.07, 6.45) is 3.14. The topological polar surface area (TPSA) is 9.23 Å². The summed E-state index contributed by atoms with van der Waals surface area (Å²) < 4.78 is 61.3. The van der Waals surface area contributed by atoms with Crippen molar-refractivity contribution in [3.05, 3.63) is 29.3 Å². The Morgan fingerprint density at radius 3 is 2.29 bits per heavy atom. The molecule has 5 heteroatoms. The SMILES string of the molecule is CCCCOc1ccc(C2CCC(C(F)(F)CC)CC2)c(F)c1F. The molecule has 1 aromatic carbocycles. The summed E-state index contributed by atoms with van der Waals surface area (Å²) >= 11 is 0. The van der Waals surface area contributed by atoms with Crippen molar-refractivity contribution in [1.29, 1.82) is 0 Å². The van der Waals surface area contributed by atoms with Crippen LogP contribution in [0.5, 0.6) is 5.75 Å². The maximum Gasteiger partial charge on any atom is 0.250 e. The van der Waals surface area contributed by atoms with Crippen LogP contribution < -0.4 is 4.74 Å². The van der Waals surface area contributed by atoms with Crippen LogP contribution in [0.15, 0.2) is 12.1 Å². The van der Waals surface area contributed by atoms with Gasteiger partial charge in [-0.2, -0.15) is 4.39 Å². The number of ether oxygens (including phenoxy) is 1. The molecule has 0 saturated heterocycles. The molecule has 0 aliphatic heterocycles. The molecule has 1 nitrogen and oxygen atoms in total. The average Bonchev–Trinajstić information content (AvgIpc) is 2.59. The van der Waals surface area contributed by atoms with E-state index < -0.39 is 23.5 Å². The quantitative estimate of drug-likeness (QED) is 0.406. The third-order valence-electron chi connectivity index (χ3n) is 5.07. The zero-order valence-corrected chi connectivity index (χ0v) is 14.4. The van der Waals surface area contributed by atoms with Crippen molar-refractivity contribution in [2.75, 3.05) is 6.61 Å². The number of benzene rings is 1. The smallest absolute Gasteiger partial charge is 0.250 e. The third kappa shape index (κ3) is 4.22. The summed E-state index contributed by atoms with van der Waals surface area (Å²) in [5, 5.41) is 0. The maximum absolute atomic E-state index is 14.3. The lowest BCUT2D eigenvalue weighted by Crippen LogP contribution is -2.31. The summed E-state index contributed by atoms with van der Waals surface area (Å²) in [4.78, 5) is 0. The van der Waals surface area contributed by atoms with Crippen LogP contribution in [-0.2, 0) is 0 Å². The number of hydrogen-bond donors (Lipinski definition) is 0. The predicted octanol–water partition coefficient (Wildman–Crippen LogP) is 6.46. The van der Waals surface area contributed by atoms with E-state index in [1.807, 2.05) is 6.92 Å². The Labute approximate surface area is 141 Å². The van der Waals surface area contributed by atoms with E-state index in [0.29, 0.717) is 32.3 Å². The molecule has 1 aliphatic rings. The Kier molecular flexibility index (Phi) is 6.53. The Balaban J connectivity index is 2.04. The Morgan fingerprint density at radius 2 is 1.71 bits per heavy atom. The van der Waals surface area contributed by atoms with E-state index in [-0.39, 0.29) is 23.7 Å². The summed E-state index contributed by atoms with van der Waals surface area (Å²) in [6, 6.07) is 3.00. The fourth-order valence-electron chi connectivity index (χ4n) is 3.42. The fourth-order valence-corrected chi connectivity index (χ4v) is 3.42. The highest BCUT2D eigenvalue weighted by Gasteiger charge is 2.40. The Bertz CT molecular complexity index is 536. The monoisotopic (exact) mass is 346 g/mol. The maximum atomic E-state index is 14.3. The largest absolute Gasteiger partial charge is 0.490 e. The van der Waals surface area contributed by atoms with E-state index in [1.54, 1.807) is 6.07 Å². The van der Waals surface area contributed by atoms with Crippen LogP contribution in [0, 0.1) is 17.6 Å². The second kappa shape index (κ2) is 8.21. The van der Waals surface area contributed by atoms with Gasteiger partial charge < -0.3 is 4.74 Å². The molecule has 1 fully saturated rings. The summed E-state index contributed by atoms with van der Waals surface area (Å²) in [5.41, 5.74) is 0.286. The molecule has 0 atom stereocenters. The Hall–Kier alpha value is -1.26. The molecule has 1 saturated carbocycles. The number of unbranched alkanes of at least 4 members (excludes halogenated alkanes) is 1. The molecule has 2 rings (SSSR count). The van der Waals surface area contributed by atoms with E-state index >= 15 is 0 Å². The summed E-state index contributed by atoms with van der Waals surface area (Å²) in [7, 11) is 0. The molecule has 0 bridgehead atoms. The van der Waals surface area contributed by atoms with Crippen molar-refractivity contribution in [1.82, 2.24) is 0 Å². The molecule has 0 radical (unpaired) electrons. The number of hydrogen-bond acceptors (Lipinski definition) is 1. The van der Waals surface area contributed by atoms with Gasteiger partial charge in [0.25, 0.3) is 5.92 Å². The average molecular weight is 346 g/mol. The van der Waals surface area contributed by atoms with Crippen LogP contribution in [0.4, 0.5) is 17.6 Å². The van der Waals surface area contributed by atoms with E-state index in [2.05, 4.69) is 0 Å². The molecule has 0 amide bonds. The molecular weight excluding hydrogens is 320 g/mol. The highest BCUT2D eigenvalue weighted by Crippen LogP contribution is 2.44. The molecule has 0 unspecified atom stereocenters. The van der Waals surface area contributed by atoms with Gasteiger partial charge in [-0.25, -0.2) is 13.2 Å². The lowest BCUT2D eigenvalue weighted by molar-refractivity contribution is -0.0750. The first-order valence-corrected chi connectivity index (χ1v) is 8.89. The lowest BCUT2D eigenvalue weighted by atomic mass is 9.75. The van der Waals surface area contributed by atoms with Gasteiger partial charge in [-0.05, 0) is 49.7 Å². The minimum absolute atomic E-state index is 0.0732. The standard InChI is InChI=1S/C19H26F4O/c1-3-5-12-24-16-11-10-15(17(20)18(16)21)13-6-8-14(9-7-13)19(22,23)4-2/h10-11,13-14H,3-9,12H2,1-2H3. The van der Waals surface area contributed by atoms with Crippen LogP contribution in [-0.4, -0.2) is 12.5 Å². The van der Waals surface area contributed by atoms with Crippen molar-refractivity contribution < 1.29 is 22.3 Å². The summed E-state index contributed by atoms with van der Waals surface area (Å²) in [6.45, 7) is 3.82. The fraction of sp³-hybridized carbons (Fsp3) is 0.684. The second-order valence-corrected chi connectivity index (χ2v) is 6.65. The Morgan fingerprint density at radius 1 is 1.04 bits per heavy atom. The lowest BCUT2D eigenvalue weighted by Gasteiger charge is -2.33. The predicted molar refractivity (Wildman–Crippen MR) is 86.7 cm³/mol. The molecule has 1 aromatic rings. The van der Waals surface area contributed by atoms with Gasteiger partial charge in [0.1, 0.15) is 0 Å². The van der Waals surface area contributed by atoms with Crippen molar-refractivity contribution in [2.45, 2.75) is 70.6 Å². The van der Waals surface area contributed by atoms with Gasteiger partial charge in [-0.3, -0.25) is 0 Å². The van der Waals surface area contributed by atoms with Crippen molar-refractivity contribution >= 4 is 0 Å². The van der Waals surface area contributed by atoms with Crippen LogP contribution in [0.25, 0.3) is 0 Å². The molecule has 136 valence electrons. The van der Waals surface area contributed by atoms with Crippen molar-refractivity contribution in [3.8, 4) is 5.75 Å². The van der Waals surface area contributed by atoms with Crippen molar-refractivity contribution in [3.63, 3.8) is 0 Å². The van der Waals surface area contributed by atoms with Crippen LogP contribution in [0.2, 0.25) is 0 Å². The van der Waals surface area contributed by atoms with Gasteiger partial charge >= 0.3 is 0 Å². The zero-order chi connectivity index (χ0) is 17.7. The minimum Gasteiger partial charge on any atom is -0.490 e. The number of alkyl halides is 2. The molecule has 0 spiro atoms. The first-order chi connectivity index (χ1) is 11.4. The van der Waals surface area contributed by atoms with Gasteiger partial charge in [-0.1, -0.05) is 26.3 Å². The second-order valence-electron chi connectivity index (χ2n) is 6.65. The van der Waals surface area contributed by atoms with Gasteiger partial charge in [0.15, 0.2) is 11.6 Å². The molecule has 24 heavy (non-hydrogen) atoms. The van der Waals surface area contributed by atoms with Gasteiger partial charge in [0.2, 0.25) is 5.82 Å². The highest BCUT2D eigenvalue weighted by atomic mass is 19.3. The number of halogens is 4.